The maximum absolute atomic E-state index is 13.2. The van der Waals surface area contributed by atoms with Crippen molar-refractivity contribution in [1.29, 1.82) is 0 Å². The molecule has 4 nitrogen and oxygen atoms in total. The van der Waals surface area contributed by atoms with E-state index < -0.39 is 23.6 Å². The normalized spacial score (nSPS) is 16.8. The van der Waals surface area contributed by atoms with Crippen molar-refractivity contribution in [3.8, 4) is 0 Å². The fourth-order valence-electron chi connectivity index (χ4n) is 2.44. The van der Waals surface area contributed by atoms with Gasteiger partial charge < -0.3 is 5.32 Å². The summed E-state index contributed by atoms with van der Waals surface area (Å²) in [7, 11) is 0. The van der Waals surface area contributed by atoms with Gasteiger partial charge in [0.2, 0.25) is 0 Å². The molecule has 0 bridgehead atoms. The van der Waals surface area contributed by atoms with Gasteiger partial charge in [-0.15, -0.1) is 0 Å². The Kier molecular flexibility index (Phi) is 5.41. The lowest BCUT2D eigenvalue weighted by atomic mass is 10.2. The van der Waals surface area contributed by atoms with E-state index in [0.717, 1.165) is 12.1 Å². The van der Waals surface area contributed by atoms with Crippen LogP contribution >= 0.6 is 11.8 Å². The number of nitrogens with one attached hydrogen (secondary N) is 1. The first-order valence-electron chi connectivity index (χ1n) is 7.99. The van der Waals surface area contributed by atoms with Crippen molar-refractivity contribution < 1.29 is 22.4 Å². The van der Waals surface area contributed by atoms with Gasteiger partial charge in [-0.05, 0) is 42.5 Å². The van der Waals surface area contributed by atoms with E-state index in [0.29, 0.717) is 17.4 Å². The number of carbonyl (C=O) groups is 1. The summed E-state index contributed by atoms with van der Waals surface area (Å²) in [4.78, 5) is 18.3. The highest BCUT2D eigenvalue weighted by molar-refractivity contribution is 8.15. The molecule has 2 amide bonds. The van der Waals surface area contributed by atoms with Crippen LogP contribution in [0.25, 0.3) is 0 Å². The number of amides is 2. The number of halogens is 4. The number of amidine groups is 1. The Morgan fingerprint density at radius 1 is 1.22 bits per heavy atom. The molecule has 0 saturated heterocycles. The highest BCUT2D eigenvalue weighted by Crippen LogP contribution is 2.31. The number of alkyl halides is 3. The molecule has 27 heavy (non-hydrogen) atoms. The molecule has 0 fully saturated rings. The fraction of sp³-hybridized carbons (Fsp3) is 0.222. The van der Waals surface area contributed by atoms with Gasteiger partial charge in [0.15, 0.2) is 5.17 Å². The summed E-state index contributed by atoms with van der Waals surface area (Å²) in [6, 6.07) is 8.89. The van der Waals surface area contributed by atoms with Gasteiger partial charge in [-0.25, -0.2) is 14.1 Å². The lowest BCUT2D eigenvalue weighted by Crippen LogP contribution is -2.38. The molecule has 0 radical (unpaired) electrons. The molecule has 2 aromatic carbocycles. The van der Waals surface area contributed by atoms with Crippen molar-refractivity contribution in [2.75, 3.05) is 16.8 Å². The summed E-state index contributed by atoms with van der Waals surface area (Å²) in [5.74, 6) is -0.466. The largest absolute Gasteiger partial charge is 0.416 e. The lowest BCUT2D eigenvalue weighted by molar-refractivity contribution is -0.137. The third-order valence-corrected chi connectivity index (χ3v) is 4.78. The maximum Gasteiger partial charge on any atom is 0.416 e. The Hall–Kier alpha value is -2.55. The van der Waals surface area contributed by atoms with Gasteiger partial charge in [0.1, 0.15) is 5.82 Å². The van der Waals surface area contributed by atoms with Crippen LogP contribution in [0.2, 0.25) is 0 Å². The Balaban J connectivity index is 1.89. The molecule has 9 heteroatoms. The zero-order valence-electron chi connectivity index (χ0n) is 14.1. The molecule has 0 unspecified atom stereocenters. The third-order valence-electron chi connectivity index (χ3n) is 3.71. The number of hydrogen-bond donors (Lipinski definition) is 1. The number of rotatable bonds is 2. The molecule has 1 N–H and O–H groups in total. The van der Waals surface area contributed by atoms with Crippen molar-refractivity contribution in [2.45, 2.75) is 18.3 Å². The summed E-state index contributed by atoms with van der Waals surface area (Å²) in [5.41, 5.74) is -0.505. The predicted octanol–water partition coefficient (Wildman–Crippen LogP) is 5.37. The summed E-state index contributed by atoms with van der Waals surface area (Å²) >= 11 is 1.36. The zero-order valence-corrected chi connectivity index (χ0v) is 14.9. The number of anilines is 2. The van der Waals surface area contributed by atoms with Gasteiger partial charge in [-0.3, -0.25) is 4.99 Å². The van der Waals surface area contributed by atoms with Gasteiger partial charge in [0.05, 0.1) is 17.8 Å². The molecule has 0 saturated carbocycles. The molecule has 142 valence electrons. The van der Waals surface area contributed by atoms with E-state index in [2.05, 4.69) is 10.3 Å². The number of hydrogen-bond acceptors (Lipinski definition) is 3. The number of nitrogens with zero attached hydrogens (tertiary/aromatic N) is 2. The summed E-state index contributed by atoms with van der Waals surface area (Å²) in [5, 5.41) is 3.02. The van der Waals surface area contributed by atoms with Crippen molar-refractivity contribution in [1.82, 2.24) is 0 Å². The molecule has 0 aromatic heterocycles. The van der Waals surface area contributed by atoms with Crippen molar-refractivity contribution in [3.63, 3.8) is 0 Å². The first-order chi connectivity index (χ1) is 12.7. The second-order valence-corrected chi connectivity index (χ2v) is 7.28. The first-order valence-corrected chi connectivity index (χ1v) is 8.87. The predicted molar refractivity (Wildman–Crippen MR) is 98.7 cm³/mol. The van der Waals surface area contributed by atoms with E-state index >= 15 is 0 Å². The van der Waals surface area contributed by atoms with Gasteiger partial charge in [-0.1, -0.05) is 24.8 Å². The minimum absolute atomic E-state index is 0.00131. The summed E-state index contributed by atoms with van der Waals surface area (Å²) in [6.07, 6.45) is -4.52. The Bertz CT molecular complexity index is 868. The number of aliphatic imine (C=N–C) groups is 1. The monoisotopic (exact) mass is 397 g/mol. The van der Waals surface area contributed by atoms with Crippen LogP contribution in [0.3, 0.4) is 0 Å². The standard InChI is InChI=1S/C18H15F4N3OS/c1-11-10-23-17(27-11)25(15-7-5-13(19)6-8-15)16(26)24-14-4-2-3-12(9-14)18(20,21)22/h2-9,11H,10H2,1H3,(H,24,26)/t11-/m1/s1. The number of carbonyl (C=O) groups excluding carboxylic acids is 1. The Morgan fingerprint density at radius 3 is 2.52 bits per heavy atom. The molecule has 0 aliphatic carbocycles. The lowest BCUT2D eigenvalue weighted by Gasteiger charge is -2.23. The van der Waals surface area contributed by atoms with E-state index in [4.69, 9.17) is 0 Å². The van der Waals surface area contributed by atoms with Crippen LogP contribution in [0, 0.1) is 5.82 Å². The van der Waals surface area contributed by atoms with Crippen LogP contribution in [0.4, 0.5) is 33.7 Å². The molecule has 1 heterocycles. The maximum atomic E-state index is 13.2. The number of urea groups is 1. The average Bonchev–Trinajstić information content (AvgIpc) is 3.02. The van der Waals surface area contributed by atoms with E-state index in [1.54, 1.807) is 0 Å². The molecule has 1 aliphatic rings. The van der Waals surface area contributed by atoms with Crippen LogP contribution in [-0.4, -0.2) is 23.0 Å². The minimum atomic E-state index is -4.52. The van der Waals surface area contributed by atoms with Crippen LogP contribution in [0.1, 0.15) is 12.5 Å². The first kappa shape index (κ1) is 19.2. The van der Waals surface area contributed by atoms with E-state index in [1.807, 2.05) is 6.92 Å². The molecule has 1 atom stereocenters. The smallest absolute Gasteiger partial charge is 0.307 e. The molecular formula is C18H15F4N3OS. The summed E-state index contributed by atoms with van der Waals surface area (Å²) in [6.45, 7) is 2.45. The van der Waals surface area contributed by atoms with Crippen LogP contribution in [0.5, 0.6) is 0 Å². The Morgan fingerprint density at radius 2 is 1.93 bits per heavy atom. The molecule has 2 aromatic rings. The molecule has 3 rings (SSSR count). The molecule has 0 spiro atoms. The zero-order chi connectivity index (χ0) is 19.6. The number of thioether (sulfide) groups is 1. The second-order valence-electron chi connectivity index (χ2n) is 5.87. The van der Waals surface area contributed by atoms with Crippen LogP contribution in [-0.2, 0) is 6.18 Å². The van der Waals surface area contributed by atoms with E-state index in [-0.39, 0.29) is 10.9 Å². The fourth-order valence-corrected chi connectivity index (χ4v) is 3.39. The summed E-state index contributed by atoms with van der Waals surface area (Å²) < 4.78 is 51.9. The SMILES string of the molecule is C[C@@H]1CN=C(N(C(=O)Nc2cccc(C(F)(F)F)c2)c2ccc(F)cc2)S1. The van der Waals surface area contributed by atoms with E-state index in [1.165, 1.54) is 53.1 Å². The quantitative estimate of drug-likeness (QED) is 0.692. The van der Waals surface area contributed by atoms with Crippen LogP contribution < -0.4 is 10.2 Å². The second kappa shape index (κ2) is 7.59. The van der Waals surface area contributed by atoms with Crippen molar-refractivity contribution in [3.05, 3.63) is 59.9 Å². The molecule has 1 aliphatic heterocycles. The van der Waals surface area contributed by atoms with Gasteiger partial charge in [0.25, 0.3) is 0 Å². The minimum Gasteiger partial charge on any atom is -0.307 e. The average molecular weight is 397 g/mol. The van der Waals surface area contributed by atoms with Crippen molar-refractivity contribution >= 4 is 34.3 Å². The number of benzene rings is 2. The highest BCUT2D eigenvalue weighted by atomic mass is 32.2. The van der Waals surface area contributed by atoms with Gasteiger partial charge in [0, 0.05) is 10.9 Å². The van der Waals surface area contributed by atoms with Crippen molar-refractivity contribution in [2.24, 2.45) is 4.99 Å². The van der Waals surface area contributed by atoms with Crippen LogP contribution in [0.15, 0.2) is 53.5 Å². The van der Waals surface area contributed by atoms with Gasteiger partial charge in [-0.2, -0.15) is 13.2 Å². The highest BCUT2D eigenvalue weighted by Gasteiger charge is 2.31. The Labute approximate surface area is 157 Å². The molecular weight excluding hydrogens is 382 g/mol. The third kappa shape index (κ3) is 4.60. The van der Waals surface area contributed by atoms with Gasteiger partial charge >= 0.3 is 12.2 Å². The van der Waals surface area contributed by atoms with E-state index in [9.17, 15) is 22.4 Å². The topological polar surface area (TPSA) is 44.7 Å².